The number of ether oxygens (including phenoxy) is 1. The van der Waals surface area contributed by atoms with Crippen molar-refractivity contribution < 1.29 is 4.74 Å². The lowest BCUT2D eigenvalue weighted by molar-refractivity contribution is 0.0650. The van der Waals surface area contributed by atoms with Crippen molar-refractivity contribution in [2.45, 2.75) is 38.5 Å². The maximum atomic E-state index is 5.67. The molecule has 15 heavy (non-hydrogen) atoms. The van der Waals surface area contributed by atoms with Crippen molar-refractivity contribution in [1.29, 1.82) is 0 Å². The monoisotopic (exact) mass is 270 g/mol. The van der Waals surface area contributed by atoms with Crippen LogP contribution in [0.2, 0.25) is 0 Å². The first-order valence-electron chi connectivity index (χ1n) is 5.18. The summed E-state index contributed by atoms with van der Waals surface area (Å²) in [6.07, 6.45) is 3.43. The normalized spacial score (nSPS) is 30.5. The lowest BCUT2D eigenvalue weighted by atomic mass is 10.1. The van der Waals surface area contributed by atoms with Gasteiger partial charge in [-0.1, -0.05) is 0 Å². The molecule has 0 radical (unpaired) electrons. The van der Waals surface area contributed by atoms with Gasteiger partial charge in [-0.2, -0.15) is 0 Å². The highest BCUT2D eigenvalue weighted by Crippen LogP contribution is 2.23. The largest absolute Gasteiger partial charge is 0.373 e. The molecule has 82 valence electrons. The summed E-state index contributed by atoms with van der Waals surface area (Å²) < 4.78 is 6.67. The molecule has 1 aliphatic heterocycles. The fraction of sp³-hybridized carbons (Fsp3) is 0.545. The van der Waals surface area contributed by atoms with Crippen LogP contribution in [-0.2, 0) is 4.74 Å². The van der Waals surface area contributed by atoms with Gasteiger partial charge in [-0.3, -0.25) is 0 Å². The first-order chi connectivity index (χ1) is 7.15. The average molecular weight is 271 g/mol. The Hall–Kier alpha value is -0.610. The lowest BCUT2D eigenvalue weighted by Crippen LogP contribution is -2.27. The van der Waals surface area contributed by atoms with Crippen LogP contribution in [0.4, 0.5) is 5.82 Å². The second kappa shape index (κ2) is 4.49. The molecular formula is C11H15BrN2O. The molecule has 1 aromatic heterocycles. The molecule has 2 heterocycles. The van der Waals surface area contributed by atoms with Crippen molar-refractivity contribution >= 4 is 21.7 Å². The number of nitrogens with one attached hydrogen (secondary N) is 1. The van der Waals surface area contributed by atoms with Gasteiger partial charge in [0.2, 0.25) is 0 Å². The molecule has 4 heteroatoms. The summed E-state index contributed by atoms with van der Waals surface area (Å²) in [5.74, 6) is 0.910. The smallest absolute Gasteiger partial charge is 0.126 e. The predicted molar refractivity (Wildman–Crippen MR) is 64.0 cm³/mol. The fourth-order valence-electron chi connectivity index (χ4n) is 1.89. The van der Waals surface area contributed by atoms with Crippen LogP contribution in [-0.4, -0.2) is 23.2 Å². The number of anilines is 1. The Balaban J connectivity index is 2.00. The summed E-state index contributed by atoms with van der Waals surface area (Å²) in [5, 5.41) is 3.39. The van der Waals surface area contributed by atoms with E-state index in [9.17, 15) is 0 Å². The summed E-state index contributed by atoms with van der Waals surface area (Å²) in [5.41, 5.74) is 0. The molecule has 3 nitrogen and oxygen atoms in total. The van der Waals surface area contributed by atoms with E-state index in [2.05, 4.69) is 40.1 Å². The van der Waals surface area contributed by atoms with E-state index in [1.54, 1.807) is 6.20 Å². The molecule has 1 saturated heterocycles. The summed E-state index contributed by atoms with van der Waals surface area (Å²) in [6, 6.07) is 4.33. The zero-order valence-electron chi connectivity index (χ0n) is 8.90. The third-order valence-corrected chi connectivity index (χ3v) is 3.13. The molecule has 0 amide bonds. The maximum absolute atomic E-state index is 5.67. The highest BCUT2D eigenvalue weighted by Gasteiger charge is 2.29. The Morgan fingerprint density at radius 3 is 2.80 bits per heavy atom. The summed E-state index contributed by atoms with van der Waals surface area (Å²) >= 11 is 3.36. The van der Waals surface area contributed by atoms with Gasteiger partial charge in [0.05, 0.1) is 18.2 Å². The molecule has 0 spiro atoms. The van der Waals surface area contributed by atoms with Crippen LogP contribution in [0.3, 0.4) is 0 Å². The summed E-state index contributed by atoms with van der Waals surface area (Å²) in [7, 11) is 0. The van der Waals surface area contributed by atoms with Crippen LogP contribution < -0.4 is 5.32 Å². The first-order valence-corrected chi connectivity index (χ1v) is 5.98. The summed E-state index contributed by atoms with van der Waals surface area (Å²) in [4.78, 5) is 4.29. The Bertz CT molecular complexity index is 328. The average Bonchev–Trinajstić information content (AvgIpc) is 2.49. The number of aromatic nitrogens is 1. The van der Waals surface area contributed by atoms with Crippen molar-refractivity contribution in [1.82, 2.24) is 4.98 Å². The van der Waals surface area contributed by atoms with E-state index >= 15 is 0 Å². The lowest BCUT2D eigenvalue weighted by Gasteiger charge is -2.16. The third-order valence-electron chi connectivity index (χ3n) is 2.66. The standard InChI is InChI=1S/C11H15BrN2O/c1-7-5-10(8(2)15-7)14-11-4-3-9(12)6-13-11/h3-4,6-8,10H,5H2,1-2H3,(H,13,14). The zero-order chi connectivity index (χ0) is 10.8. The Morgan fingerprint density at radius 2 is 2.27 bits per heavy atom. The second-order valence-electron chi connectivity index (χ2n) is 4.00. The van der Waals surface area contributed by atoms with Crippen LogP contribution in [0.15, 0.2) is 22.8 Å². The van der Waals surface area contributed by atoms with Gasteiger partial charge in [-0.15, -0.1) is 0 Å². The van der Waals surface area contributed by atoms with Crippen LogP contribution in [0.1, 0.15) is 20.3 Å². The van der Waals surface area contributed by atoms with Gasteiger partial charge in [0, 0.05) is 10.7 Å². The summed E-state index contributed by atoms with van der Waals surface area (Å²) in [6.45, 7) is 4.20. The minimum absolute atomic E-state index is 0.255. The number of hydrogen-bond acceptors (Lipinski definition) is 3. The van der Waals surface area contributed by atoms with Gasteiger partial charge < -0.3 is 10.1 Å². The minimum atomic E-state index is 0.255. The first kappa shape index (κ1) is 10.9. The highest BCUT2D eigenvalue weighted by atomic mass is 79.9. The number of nitrogens with zero attached hydrogens (tertiary/aromatic N) is 1. The molecule has 1 fully saturated rings. The molecular weight excluding hydrogens is 256 g/mol. The molecule has 0 aliphatic carbocycles. The van der Waals surface area contributed by atoms with Crippen molar-refractivity contribution in [2.75, 3.05) is 5.32 Å². The zero-order valence-corrected chi connectivity index (χ0v) is 10.5. The quantitative estimate of drug-likeness (QED) is 0.898. The van der Waals surface area contributed by atoms with Gasteiger partial charge in [-0.05, 0) is 48.3 Å². The van der Waals surface area contributed by atoms with Gasteiger partial charge in [-0.25, -0.2) is 4.98 Å². The molecule has 3 unspecified atom stereocenters. The van der Waals surface area contributed by atoms with E-state index in [4.69, 9.17) is 4.74 Å². The molecule has 0 bridgehead atoms. The number of rotatable bonds is 2. The molecule has 1 aliphatic rings. The van der Waals surface area contributed by atoms with E-state index in [1.807, 2.05) is 12.1 Å². The molecule has 1 aromatic rings. The maximum Gasteiger partial charge on any atom is 0.126 e. The van der Waals surface area contributed by atoms with Gasteiger partial charge in [0.1, 0.15) is 5.82 Å². The Kier molecular flexibility index (Phi) is 3.26. The van der Waals surface area contributed by atoms with Crippen molar-refractivity contribution in [3.05, 3.63) is 22.8 Å². The van der Waals surface area contributed by atoms with E-state index < -0.39 is 0 Å². The topological polar surface area (TPSA) is 34.2 Å². The Morgan fingerprint density at radius 1 is 1.47 bits per heavy atom. The second-order valence-corrected chi connectivity index (χ2v) is 4.92. The number of pyridine rings is 1. The SMILES string of the molecule is CC1CC(Nc2ccc(Br)cn2)C(C)O1. The fourth-order valence-corrected chi connectivity index (χ4v) is 2.13. The van der Waals surface area contributed by atoms with Crippen LogP contribution in [0.5, 0.6) is 0 Å². The predicted octanol–water partition coefficient (Wildman–Crippen LogP) is 2.82. The molecule has 1 N–H and O–H groups in total. The molecule has 3 atom stereocenters. The Labute approximate surface area is 98.4 Å². The molecule has 0 aromatic carbocycles. The number of halogens is 1. The van der Waals surface area contributed by atoms with E-state index in [1.165, 1.54) is 0 Å². The van der Waals surface area contributed by atoms with Gasteiger partial charge in [0.15, 0.2) is 0 Å². The number of hydrogen-bond donors (Lipinski definition) is 1. The van der Waals surface area contributed by atoms with Crippen molar-refractivity contribution in [2.24, 2.45) is 0 Å². The van der Waals surface area contributed by atoms with Gasteiger partial charge in [0.25, 0.3) is 0 Å². The van der Waals surface area contributed by atoms with Crippen molar-refractivity contribution in [3.63, 3.8) is 0 Å². The van der Waals surface area contributed by atoms with E-state index in [0.29, 0.717) is 12.1 Å². The third kappa shape index (κ3) is 2.69. The van der Waals surface area contributed by atoms with Crippen LogP contribution in [0.25, 0.3) is 0 Å². The van der Waals surface area contributed by atoms with Crippen LogP contribution in [0, 0.1) is 0 Å². The van der Waals surface area contributed by atoms with Gasteiger partial charge >= 0.3 is 0 Å². The van der Waals surface area contributed by atoms with Crippen LogP contribution >= 0.6 is 15.9 Å². The minimum Gasteiger partial charge on any atom is -0.373 e. The highest BCUT2D eigenvalue weighted by molar-refractivity contribution is 9.10. The molecule has 0 saturated carbocycles. The van der Waals surface area contributed by atoms with E-state index in [0.717, 1.165) is 16.7 Å². The molecule has 2 rings (SSSR count). The van der Waals surface area contributed by atoms with E-state index in [-0.39, 0.29) is 6.10 Å². The van der Waals surface area contributed by atoms with Crippen molar-refractivity contribution in [3.8, 4) is 0 Å².